The van der Waals surface area contributed by atoms with Crippen LogP contribution in [0.5, 0.6) is 0 Å². The predicted octanol–water partition coefficient (Wildman–Crippen LogP) is 5.67. The first-order chi connectivity index (χ1) is 9.94. The smallest absolute Gasteiger partial charge is 0.0230 e. The minimum absolute atomic E-state index is 0.478. The third kappa shape index (κ3) is 5.95. The van der Waals surface area contributed by atoms with Gasteiger partial charge in [0.15, 0.2) is 0 Å². The van der Waals surface area contributed by atoms with Gasteiger partial charge in [-0.2, -0.15) is 0 Å². The molecule has 0 radical (unpaired) electrons. The fourth-order valence-electron chi connectivity index (χ4n) is 2.97. The summed E-state index contributed by atoms with van der Waals surface area (Å²) < 4.78 is 1.20. The number of nitrogens with zero attached hydrogens (tertiary/aromatic N) is 1. The molecule has 1 fully saturated rings. The number of halogens is 1. The monoisotopic (exact) mass is 397 g/mol. The fraction of sp³-hybridized carbons (Fsp3) is 0.474. The van der Waals surface area contributed by atoms with Gasteiger partial charge in [-0.1, -0.05) is 37.3 Å². The highest BCUT2D eigenvalue weighted by molar-refractivity contribution is 14.1. The van der Waals surface area contributed by atoms with Crippen molar-refractivity contribution in [3.63, 3.8) is 0 Å². The number of allylic oxidation sites excluding steroid dienone is 6. The lowest BCUT2D eigenvalue weighted by Crippen LogP contribution is -2.56. The van der Waals surface area contributed by atoms with Crippen molar-refractivity contribution in [3.05, 3.63) is 58.3 Å². The Hall–Kier alpha value is -0.610. The lowest BCUT2D eigenvalue weighted by molar-refractivity contribution is 0.00551. The first-order valence-electron chi connectivity index (χ1n) is 7.63. The van der Waals surface area contributed by atoms with Gasteiger partial charge in [0.2, 0.25) is 0 Å². The van der Waals surface area contributed by atoms with Gasteiger partial charge < -0.3 is 0 Å². The highest BCUT2D eigenvalue weighted by Gasteiger charge is 2.40. The third-order valence-electron chi connectivity index (χ3n) is 4.06. The molecule has 2 heteroatoms. The molecule has 0 atom stereocenters. The van der Waals surface area contributed by atoms with Crippen molar-refractivity contribution in [2.75, 3.05) is 19.6 Å². The van der Waals surface area contributed by atoms with E-state index in [2.05, 4.69) is 79.6 Å². The summed E-state index contributed by atoms with van der Waals surface area (Å²) in [6, 6.07) is 0. The van der Waals surface area contributed by atoms with Gasteiger partial charge in [0, 0.05) is 23.2 Å². The molecule has 0 aromatic carbocycles. The summed E-state index contributed by atoms with van der Waals surface area (Å²) >= 11 is 2.33. The van der Waals surface area contributed by atoms with E-state index in [4.69, 9.17) is 0 Å². The zero-order chi connectivity index (χ0) is 15.9. The van der Waals surface area contributed by atoms with Crippen molar-refractivity contribution in [2.45, 2.75) is 33.6 Å². The van der Waals surface area contributed by atoms with Crippen LogP contribution in [0.15, 0.2) is 58.3 Å². The standard InChI is InChI=1S/C19H28IN/c1-6-9-18(20)11-10-17(7-2)13-21-14-19(8-3,15-21)12-16(4)5/h6-7,9-11H,1,4,8,12-15H2,2-3,5H3/b11-10-,17-7+,18-9-. The largest absolute Gasteiger partial charge is 0.298 e. The Kier molecular flexibility index (Phi) is 7.67. The number of rotatable bonds is 8. The van der Waals surface area contributed by atoms with Gasteiger partial charge in [-0.25, -0.2) is 0 Å². The van der Waals surface area contributed by atoms with E-state index < -0.39 is 0 Å². The van der Waals surface area contributed by atoms with E-state index in [1.165, 1.54) is 40.7 Å². The molecule has 21 heavy (non-hydrogen) atoms. The molecule has 0 saturated carbocycles. The molecule has 1 aliphatic rings. The molecule has 1 rings (SSSR count). The molecule has 0 aromatic heterocycles. The average Bonchev–Trinajstić information content (AvgIpc) is 2.39. The molecule has 0 bridgehead atoms. The van der Waals surface area contributed by atoms with Crippen LogP contribution in [-0.4, -0.2) is 24.5 Å². The molecule has 0 aliphatic carbocycles. The van der Waals surface area contributed by atoms with E-state index in [9.17, 15) is 0 Å². The van der Waals surface area contributed by atoms with Crippen molar-refractivity contribution in [2.24, 2.45) is 5.41 Å². The quantitative estimate of drug-likeness (QED) is 0.290. The Labute approximate surface area is 144 Å². The molecule has 0 N–H and O–H groups in total. The average molecular weight is 397 g/mol. The fourth-order valence-corrected chi connectivity index (χ4v) is 3.40. The first kappa shape index (κ1) is 18.4. The van der Waals surface area contributed by atoms with E-state index in [0.29, 0.717) is 5.41 Å². The lowest BCUT2D eigenvalue weighted by Gasteiger charge is -2.50. The highest BCUT2D eigenvalue weighted by Crippen LogP contribution is 2.39. The molecule has 1 nitrogen and oxygen atoms in total. The second-order valence-electron chi connectivity index (χ2n) is 6.12. The molecule has 0 aromatic rings. The van der Waals surface area contributed by atoms with Crippen LogP contribution in [0.25, 0.3) is 0 Å². The Morgan fingerprint density at radius 2 is 2.00 bits per heavy atom. The minimum Gasteiger partial charge on any atom is -0.298 e. The van der Waals surface area contributed by atoms with E-state index >= 15 is 0 Å². The number of hydrogen-bond acceptors (Lipinski definition) is 1. The molecule has 0 spiro atoms. The number of hydrogen-bond donors (Lipinski definition) is 0. The van der Waals surface area contributed by atoms with Gasteiger partial charge in [-0.05, 0) is 72.4 Å². The van der Waals surface area contributed by atoms with Crippen molar-refractivity contribution in [1.82, 2.24) is 4.90 Å². The molecular weight excluding hydrogens is 369 g/mol. The Morgan fingerprint density at radius 1 is 1.33 bits per heavy atom. The Balaban J connectivity index is 2.53. The summed E-state index contributed by atoms with van der Waals surface area (Å²) in [5.41, 5.74) is 3.17. The van der Waals surface area contributed by atoms with Crippen LogP contribution in [0.2, 0.25) is 0 Å². The zero-order valence-electron chi connectivity index (χ0n) is 13.7. The molecule has 0 unspecified atom stereocenters. The maximum absolute atomic E-state index is 4.08. The second kappa shape index (κ2) is 8.74. The van der Waals surface area contributed by atoms with Gasteiger partial charge in [0.25, 0.3) is 0 Å². The molecular formula is C19H28IN. The van der Waals surface area contributed by atoms with Gasteiger partial charge in [-0.15, -0.1) is 6.58 Å². The van der Waals surface area contributed by atoms with Gasteiger partial charge in [0.1, 0.15) is 0 Å². The summed E-state index contributed by atoms with van der Waals surface area (Å²) in [7, 11) is 0. The third-order valence-corrected chi connectivity index (χ3v) is 4.77. The maximum atomic E-state index is 4.08. The summed E-state index contributed by atoms with van der Waals surface area (Å²) in [5, 5.41) is 0. The summed E-state index contributed by atoms with van der Waals surface area (Å²) in [4.78, 5) is 2.54. The predicted molar refractivity (Wildman–Crippen MR) is 104 cm³/mol. The van der Waals surface area contributed by atoms with Crippen molar-refractivity contribution < 1.29 is 0 Å². The van der Waals surface area contributed by atoms with Crippen molar-refractivity contribution in [1.29, 1.82) is 0 Å². The van der Waals surface area contributed by atoms with E-state index in [-0.39, 0.29) is 0 Å². The molecule has 1 saturated heterocycles. The zero-order valence-corrected chi connectivity index (χ0v) is 15.8. The molecule has 1 aliphatic heterocycles. The summed E-state index contributed by atoms with van der Waals surface area (Å²) in [6.07, 6.45) is 12.8. The maximum Gasteiger partial charge on any atom is 0.0230 e. The van der Waals surface area contributed by atoms with Crippen molar-refractivity contribution in [3.8, 4) is 0 Å². The van der Waals surface area contributed by atoms with Crippen LogP contribution < -0.4 is 0 Å². The first-order valence-corrected chi connectivity index (χ1v) is 8.71. The van der Waals surface area contributed by atoms with Crippen LogP contribution in [-0.2, 0) is 0 Å². The van der Waals surface area contributed by atoms with E-state index in [1.54, 1.807) is 0 Å². The van der Waals surface area contributed by atoms with E-state index in [1.807, 2.05) is 12.2 Å². The topological polar surface area (TPSA) is 3.24 Å². The van der Waals surface area contributed by atoms with Gasteiger partial charge in [-0.3, -0.25) is 4.90 Å². The molecule has 1 heterocycles. The van der Waals surface area contributed by atoms with Crippen LogP contribution in [0.4, 0.5) is 0 Å². The molecule has 0 amide bonds. The van der Waals surface area contributed by atoms with E-state index in [0.717, 1.165) is 6.54 Å². The summed E-state index contributed by atoms with van der Waals surface area (Å²) in [6.45, 7) is 17.8. The van der Waals surface area contributed by atoms with Crippen LogP contribution >= 0.6 is 22.6 Å². The normalized spacial score (nSPS) is 19.6. The van der Waals surface area contributed by atoms with Gasteiger partial charge in [0.05, 0.1) is 0 Å². The van der Waals surface area contributed by atoms with Crippen LogP contribution in [0.1, 0.15) is 33.6 Å². The number of likely N-dealkylation sites (tertiary alicyclic amines) is 1. The molecule has 116 valence electrons. The summed E-state index contributed by atoms with van der Waals surface area (Å²) in [5.74, 6) is 0. The van der Waals surface area contributed by atoms with Crippen molar-refractivity contribution >= 4 is 22.6 Å². The van der Waals surface area contributed by atoms with Crippen LogP contribution in [0, 0.1) is 5.41 Å². The second-order valence-corrected chi connectivity index (χ2v) is 7.36. The van der Waals surface area contributed by atoms with Gasteiger partial charge >= 0.3 is 0 Å². The highest BCUT2D eigenvalue weighted by atomic mass is 127. The Bertz CT molecular complexity index is 462. The van der Waals surface area contributed by atoms with Crippen LogP contribution in [0.3, 0.4) is 0 Å². The Morgan fingerprint density at radius 3 is 2.48 bits per heavy atom. The lowest BCUT2D eigenvalue weighted by atomic mass is 9.73. The SMILES string of the molecule is C=C/C=C(I)/C=C\C(=C/C)CN1CC(CC)(CC(=C)C)C1. The minimum atomic E-state index is 0.478.